The highest BCUT2D eigenvalue weighted by Gasteiger charge is 2.79. The van der Waals surface area contributed by atoms with Crippen LogP contribution < -0.4 is 0 Å². The molecule has 0 amide bonds. The second-order valence-electron chi connectivity index (χ2n) is 13.2. The molecule has 66 heavy (non-hydrogen) atoms. The van der Waals surface area contributed by atoms with E-state index in [0.29, 0.717) is 0 Å². The number of hydrogen-bond donors (Lipinski definition) is 0. The number of alkyl halides is 28. The van der Waals surface area contributed by atoms with E-state index in [-0.39, 0.29) is 0 Å². The lowest BCUT2D eigenvalue weighted by molar-refractivity contribution is -0.343. The largest absolute Gasteiger partial charge is 0.460 e. The smallest absolute Gasteiger partial charge is 0.248 e. The summed E-state index contributed by atoms with van der Waals surface area (Å²) >= 11 is 11.1. The fraction of sp³-hybridized carbons (Fsp3) is 0.375. The molecule has 364 valence electrons. The molecule has 0 saturated carbocycles. The molecule has 5 aliphatic heterocycles. The maximum Gasteiger partial charge on any atom is 0.460 e. The average Bonchev–Trinajstić information content (AvgIpc) is 3.92. The van der Waals surface area contributed by atoms with Crippen molar-refractivity contribution in [2.45, 2.75) is 72.1 Å². The van der Waals surface area contributed by atoms with Gasteiger partial charge in [0, 0.05) is 0 Å². The summed E-state index contributed by atoms with van der Waals surface area (Å²) in [6, 6.07) is 0. The van der Waals surface area contributed by atoms with Gasteiger partial charge in [0.25, 0.3) is 0 Å². The zero-order valence-electron chi connectivity index (χ0n) is 29.6. The van der Waals surface area contributed by atoms with Gasteiger partial charge in [0.15, 0.2) is 0 Å². The number of rotatable bonds is 8. The Morgan fingerprint density at radius 3 is 1.00 bits per heavy atom. The Morgan fingerprint density at radius 2 is 0.621 bits per heavy atom. The molecule has 0 aliphatic carbocycles. The fourth-order valence-corrected chi connectivity index (χ4v) is 6.26. The molecule has 4 nitrogen and oxygen atoms in total. The van der Waals surface area contributed by atoms with Crippen molar-refractivity contribution in [2.75, 3.05) is 0 Å². The van der Waals surface area contributed by atoms with Crippen LogP contribution in [-0.2, 0) is 0 Å². The number of aliphatic imine (C=N–C) groups is 4. The van der Waals surface area contributed by atoms with Crippen LogP contribution in [0.15, 0.2) is 112 Å². The predicted molar refractivity (Wildman–Crippen MR) is 168 cm³/mol. The summed E-state index contributed by atoms with van der Waals surface area (Å²) in [4.78, 5) is 10.3. The maximum absolute atomic E-state index is 15.7. The van der Waals surface area contributed by atoms with Crippen LogP contribution in [0.4, 0.5) is 123 Å². The third kappa shape index (κ3) is 7.35. The van der Waals surface area contributed by atoms with Crippen molar-refractivity contribution in [1.82, 2.24) is 0 Å². The Bertz CT molecular complexity index is 2540. The average molecular weight is 1050 g/mol. The lowest BCUT2D eigenvalue weighted by Gasteiger charge is -2.31. The third-order valence-corrected chi connectivity index (χ3v) is 9.57. The maximum atomic E-state index is 15.7. The molecule has 0 spiro atoms. The summed E-state index contributed by atoms with van der Waals surface area (Å²) < 4.78 is 405. The lowest BCUT2D eigenvalue weighted by atomic mass is 9.94. The zero-order chi connectivity index (χ0) is 51.2. The second-order valence-corrected chi connectivity index (χ2v) is 14.0. The number of hydrogen-bond acceptors (Lipinski definition) is 4. The molecule has 5 rings (SSSR count). The third-order valence-electron chi connectivity index (χ3n) is 8.99. The highest BCUT2D eigenvalue weighted by atomic mass is 35.5. The molecular formula is C32H6Cl2F28N4. The van der Waals surface area contributed by atoms with E-state index in [1.54, 1.807) is 0 Å². The quantitative estimate of drug-likeness (QED) is 0.218. The van der Waals surface area contributed by atoms with Gasteiger partial charge >= 0.3 is 72.1 Å². The van der Waals surface area contributed by atoms with Gasteiger partial charge in [-0.25, -0.2) is 20.0 Å². The summed E-state index contributed by atoms with van der Waals surface area (Å²) in [5.41, 5.74) is -34.3. The van der Waals surface area contributed by atoms with Gasteiger partial charge in [0.05, 0.1) is 78.0 Å². The Hall–Kier alpha value is -4.78. The van der Waals surface area contributed by atoms with Crippen LogP contribution in [0.25, 0.3) is 0 Å². The summed E-state index contributed by atoms with van der Waals surface area (Å²) in [6.45, 7) is 0. The molecule has 5 heterocycles. The molecule has 0 saturated heterocycles. The van der Waals surface area contributed by atoms with Gasteiger partial charge in [-0.3, -0.25) is 0 Å². The molecule has 0 atom stereocenters. The minimum atomic E-state index is -7.62. The summed E-state index contributed by atoms with van der Waals surface area (Å²) in [5, 5.41) is -4.37. The van der Waals surface area contributed by atoms with E-state index >= 15 is 35.1 Å². The van der Waals surface area contributed by atoms with Gasteiger partial charge in [0.1, 0.15) is 0 Å². The molecule has 0 aromatic carbocycles. The lowest BCUT2D eigenvalue weighted by Crippen LogP contribution is -2.54. The number of halogens is 30. The summed E-state index contributed by atoms with van der Waals surface area (Å²) in [5.74, 6) is -59.2. The van der Waals surface area contributed by atoms with Gasteiger partial charge in [-0.15, -0.1) is 0 Å². The van der Waals surface area contributed by atoms with Gasteiger partial charge in [-0.05, 0) is 36.5 Å². The van der Waals surface area contributed by atoms with Crippen molar-refractivity contribution in [3.63, 3.8) is 0 Å². The monoisotopic (exact) mass is 1050 g/mol. The minimum absolute atomic E-state index is 0.587. The Kier molecular flexibility index (Phi) is 11.8. The molecule has 8 bridgehead atoms. The Balaban J connectivity index is 2.15. The number of allylic oxidation sites excluding steroid dienone is 12. The molecular weight excluding hydrogens is 1040 g/mol. The highest BCUT2D eigenvalue weighted by Crippen LogP contribution is 2.58. The number of fused-ring (bicyclic) bond motifs is 4. The minimum Gasteiger partial charge on any atom is -0.248 e. The fourth-order valence-electron chi connectivity index (χ4n) is 5.78. The van der Waals surface area contributed by atoms with Crippen molar-refractivity contribution < 1.29 is 123 Å². The van der Waals surface area contributed by atoms with Crippen molar-refractivity contribution in [3.8, 4) is 0 Å². The normalized spacial score (nSPS) is 20.2. The van der Waals surface area contributed by atoms with Gasteiger partial charge in [-0.1, -0.05) is 23.2 Å². The van der Waals surface area contributed by atoms with Crippen LogP contribution in [0.5, 0.6) is 0 Å². The SMILES string of the molecule is FC(F)(F)C(F)(F)C(F)(F)C1=C2C=CC(=N2)C(C(F)(F)C(F)(F)C(F)(F)F)=C2C=C(Cl)C(=N2)C(C(F)(F)C(F)(F)C(F)(F)F)=C2C=CC(=N2)C(C(F)(F)C(F)(F)C(F)(F)F)=C2N=C1C=C2Cl. The zero-order valence-corrected chi connectivity index (χ0v) is 31.1. The van der Waals surface area contributed by atoms with E-state index in [4.69, 9.17) is 23.2 Å². The van der Waals surface area contributed by atoms with Gasteiger partial charge < -0.3 is 0 Å². The van der Waals surface area contributed by atoms with E-state index in [1.165, 1.54) is 0 Å². The second kappa shape index (κ2) is 14.9. The van der Waals surface area contributed by atoms with E-state index in [2.05, 4.69) is 20.0 Å². The highest BCUT2D eigenvalue weighted by molar-refractivity contribution is 6.48. The van der Waals surface area contributed by atoms with Crippen molar-refractivity contribution in [2.24, 2.45) is 20.0 Å². The molecule has 34 heteroatoms. The van der Waals surface area contributed by atoms with Crippen LogP contribution in [0.3, 0.4) is 0 Å². The first-order valence-corrected chi connectivity index (χ1v) is 16.7. The van der Waals surface area contributed by atoms with Gasteiger partial charge in [0.2, 0.25) is 0 Å². The summed E-state index contributed by atoms with van der Waals surface area (Å²) in [6.07, 6.45) is -33.9. The first kappa shape index (κ1) is 52.2. The molecule has 0 aromatic rings. The first-order valence-electron chi connectivity index (χ1n) is 15.9. The van der Waals surface area contributed by atoms with E-state index in [0.717, 1.165) is 0 Å². The molecule has 0 radical (unpaired) electrons. The van der Waals surface area contributed by atoms with Gasteiger partial charge in [-0.2, -0.15) is 123 Å². The van der Waals surface area contributed by atoms with E-state index < -0.39 is 187 Å². The van der Waals surface area contributed by atoms with E-state index in [1.807, 2.05) is 0 Å². The van der Waals surface area contributed by atoms with Crippen LogP contribution in [0, 0.1) is 0 Å². The first-order chi connectivity index (χ1) is 29.2. The standard InChI is InChI=1S/C32H6Cl2F28N4/c33-7-5-13-15(21(35,36)25(43,44)29(51,52)53)9-1-2-10(63-9)16(22(37,38)26(45,46)30(54,55)56)14-6-8(34)20(66-14)18(24(41,42)28(49,50)32(60,61)62)12-4-3-11(64-12)17(19(7)65-13)23(39,40)27(47,48)31(57,58)59/h1-6H. The van der Waals surface area contributed by atoms with Crippen molar-refractivity contribution >= 4 is 46.0 Å². The molecule has 0 fully saturated rings. The van der Waals surface area contributed by atoms with Crippen LogP contribution in [0.1, 0.15) is 0 Å². The van der Waals surface area contributed by atoms with Crippen LogP contribution >= 0.6 is 23.2 Å². The van der Waals surface area contributed by atoms with Crippen LogP contribution in [-0.4, -0.2) is 94.9 Å². The molecule has 5 aliphatic rings. The predicted octanol–water partition coefficient (Wildman–Crippen LogP) is 13.5. The molecule has 0 aromatic heterocycles. The molecule has 0 unspecified atom stereocenters. The van der Waals surface area contributed by atoms with Crippen molar-refractivity contribution in [3.05, 3.63) is 91.6 Å². The summed E-state index contributed by atoms with van der Waals surface area (Å²) in [7, 11) is 0. The van der Waals surface area contributed by atoms with Crippen LogP contribution in [0.2, 0.25) is 0 Å². The Labute approximate surface area is 352 Å². The molecule has 0 N–H and O–H groups in total. The topological polar surface area (TPSA) is 49.4 Å². The number of nitrogens with zero attached hydrogens (tertiary/aromatic N) is 4. The Morgan fingerprint density at radius 1 is 0.303 bits per heavy atom. The van der Waals surface area contributed by atoms with E-state index in [9.17, 15) is 87.8 Å². The van der Waals surface area contributed by atoms with Crippen molar-refractivity contribution in [1.29, 1.82) is 0 Å².